The molecule has 34 heavy (non-hydrogen) atoms. The van der Waals surface area contributed by atoms with E-state index in [0.717, 1.165) is 4.47 Å². The molecule has 0 N–H and O–H groups in total. The first kappa shape index (κ1) is 22.1. The van der Waals surface area contributed by atoms with Crippen LogP contribution in [0.15, 0.2) is 88.1 Å². The number of aromatic nitrogens is 2. The molecule has 170 valence electrons. The fourth-order valence-corrected chi connectivity index (χ4v) is 4.90. The Bertz CT molecular complexity index is 1470. The first-order chi connectivity index (χ1) is 16.4. The number of hydrogen-bond donors (Lipinski definition) is 0. The first-order valence-corrected chi connectivity index (χ1v) is 11.6. The number of carbonyl (C=O) groups is 2. The number of ether oxygens (including phenoxy) is 1. The highest BCUT2D eigenvalue weighted by molar-refractivity contribution is 9.10. The molecule has 1 aliphatic rings. The molecule has 1 aliphatic heterocycles. The van der Waals surface area contributed by atoms with Crippen molar-refractivity contribution in [3.05, 3.63) is 116 Å². The van der Waals surface area contributed by atoms with Gasteiger partial charge in [0.05, 0.1) is 11.3 Å². The molecule has 2 atom stereocenters. The molecule has 5 rings (SSSR count). The number of ketones is 1. The number of nitrogens with zero attached hydrogens (tertiary/aromatic N) is 2. The van der Waals surface area contributed by atoms with Crippen LogP contribution in [0, 0.1) is 12.8 Å². The van der Waals surface area contributed by atoms with Gasteiger partial charge in [0.2, 0.25) is 0 Å². The number of benzene rings is 3. The van der Waals surface area contributed by atoms with Gasteiger partial charge in [0.25, 0.3) is 5.56 Å². The van der Waals surface area contributed by atoms with Gasteiger partial charge in [0, 0.05) is 28.7 Å². The Kier molecular flexibility index (Phi) is 5.57. The second kappa shape index (κ2) is 8.57. The molecule has 0 radical (unpaired) electrons. The van der Waals surface area contributed by atoms with Gasteiger partial charge in [-0.1, -0.05) is 58.4 Å². The van der Waals surface area contributed by atoms with Crippen LogP contribution in [-0.4, -0.2) is 21.1 Å². The third-order valence-corrected chi connectivity index (χ3v) is 6.90. The molecule has 0 aliphatic carbocycles. The number of Topliss-reactive ketones (excluding diaryl/α,β-unsaturated/α-hetero) is 1. The molecule has 3 aromatic carbocycles. The highest BCUT2D eigenvalue weighted by Crippen LogP contribution is 2.40. The van der Waals surface area contributed by atoms with Gasteiger partial charge in [0.15, 0.2) is 5.78 Å². The summed E-state index contributed by atoms with van der Waals surface area (Å²) in [7, 11) is 1.79. The number of halogens is 1. The lowest BCUT2D eigenvalue weighted by molar-refractivity contribution is -0.138. The molecule has 0 saturated carbocycles. The molecule has 2 unspecified atom stereocenters. The monoisotopic (exact) mass is 516 g/mol. The fraction of sp³-hybridized carbons (Fsp3) is 0.148. The van der Waals surface area contributed by atoms with Crippen molar-refractivity contribution in [3.63, 3.8) is 0 Å². The maximum Gasteiger partial charge on any atom is 0.323 e. The van der Waals surface area contributed by atoms with E-state index >= 15 is 0 Å². The van der Waals surface area contributed by atoms with Crippen LogP contribution in [-0.2, 0) is 11.8 Å². The van der Waals surface area contributed by atoms with E-state index in [9.17, 15) is 14.4 Å². The summed E-state index contributed by atoms with van der Waals surface area (Å²) in [6.07, 6.45) is 0. The molecule has 0 bridgehead atoms. The number of para-hydroxylation sites is 2. The van der Waals surface area contributed by atoms with E-state index in [1.807, 2.05) is 61.5 Å². The summed E-state index contributed by atoms with van der Waals surface area (Å²) in [5.74, 6) is -2.77. The van der Waals surface area contributed by atoms with Gasteiger partial charge in [-0.2, -0.15) is 0 Å². The molecule has 7 heteroatoms. The van der Waals surface area contributed by atoms with Crippen molar-refractivity contribution < 1.29 is 14.3 Å². The molecule has 0 saturated heterocycles. The van der Waals surface area contributed by atoms with Crippen LogP contribution >= 0.6 is 15.9 Å². The Morgan fingerprint density at radius 1 is 0.882 bits per heavy atom. The standard InChI is InChI=1S/C27H21BrN2O4/c1-16-22(26(32)30(29(16)2)19-8-4-3-5-9-19)23(17-12-14-18(28)15-13-17)24-25(31)20-10-6-7-11-21(20)34-27(24)33/h3-15,23-24H,1-2H3. The molecular formula is C27H21BrN2O4. The maximum absolute atomic E-state index is 13.9. The molecule has 6 nitrogen and oxygen atoms in total. The Morgan fingerprint density at radius 2 is 1.53 bits per heavy atom. The molecule has 0 amide bonds. The van der Waals surface area contributed by atoms with E-state index in [1.54, 1.807) is 40.7 Å². The molecule has 1 aromatic heterocycles. The van der Waals surface area contributed by atoms with Crippen LogP contribution in [0.4, 0.5) is 0 Å². The Morgan fingerprint density at radius 3 is 2.24 bits per heavy atom. The van der Waals surface area contributed by atoms with Crippen LogP contribution in [0.3, 0.4) is 0 Å². The minimum atomic E-state index is -1.19. The van der Waals surface area contributed by atoms with Gasteiger partial charge < -0.3 is 4.74 Å². The molecule has 2 heterocycles. The van der Waals surface area contributed by atoms with Gasteiger partial charge in [-0.25, -0.2) is 4.68 Å². The summed E-state index contributed by atoms with van der Waals surface area (Å²) in [6.45, 7) is 1.83. The van der Waals surface area contributed by atoms with Crippen LogP contribution in [0.1, 0.15) is 33.1 Å². The number of carbonyl (C=O) groups excluding carboxylic acids is 2. The summed E-state index contributed by atoms with van der Waals surface area (Å²) >= 11 is 3.44. The zero-order chi connectivity index (χ0) is 24.0. The number of esters is 1. The molecular weight excluding hydrogens is 496 g/mol. The third kappa shape index (κ3) is 3.53. The molecule has 0 fully saturated rings. The fourth-order valence-electron chi connectivity index (χ4n) is 4.64. The highest BCUT2D eigenvalue weighted by Gasteiger charge is 2.45. The van der Waals surface area contributed by atoms with Crippen LogP contribution in [0.2, 0.25) is 0 Å². The Balaban J connectivity index is 1.75. The second-order valence-corrected chi connectivity index (χ2v) is 9.18. The van der Waals surface area contributed by atoms with Crippen LogP contribution in [0.25, 0.3) is 5.69 Å². The van der Waals surface area contributed by atoms with Gasteiger partial charge in [-0.05, 0) is 48.9 Å². The van der Waals surface area contributed by atoms with Crippen molar-refractivity contribution in [2.45, 2.75) is 12.8 Å². The smallest absolute Gasteiger partial charge is 0.323 e. The highest BCUT2D eigenvalue weighted by atomic mass is 79.9. The number of fused-ring (bicyclic) bond motifs is 1. The molecule has 4 aromatic rings. The summed E-state index contributed by atoms with van der Waals surface area (Å²) in [5.41, 5.74) is 2.50. The van der Waals surface area contributed by atoms with Crippen molar-refractivity contribution in [1.29, 1.82) is 0 Å². The van der Waals surface area contributed by atoms with E-state index < -0.39 is 17.8 Å². The summed E-state index contributed by atoms with van der Waals surface area (Å²) in [4.78, 5) is 40.7. The predicted molar refractivity (Wildman–Crippen MR) is 132 cm³/mol. The quantitative estimate of drug-likeness (QED) is 0.222. The zero-order valence-corrected chi connectivity index (χ0v) is 20.2. The largest absolute Gasteiger partial charge is 0.425 e. The minimum absolute atomic E-state index is 0.245. The average molecular weight is 517 g/mol. The Hall–Kier alpha value is -3.71. The number of rotatable bonds is 4. The number of hydrogen-bond acceptors (Lipinski definition) is 4. The van der Waals surface area contributed by atoms with Crippen LogP contribution < -0.4 is 10.3 Å². The lowest BCUT2D eigenvalue weighted by Crippen LogP contribution is -2.39. The van der Waals surface area contributed by atoms with E-state index in [1.165, 1.54) is 0 Å². The van der Waals surface area contributed by atoms with Crippen molar-refractivity contribution in [2.24, 2.45) is 13.0 Å². The van der Waals surface area contributed by atoms with Crippen molar-refractivity contribution in [2.75, 3.05) is 0 Å². The average Bonchev–Trinajstić information content (AvgIpc) is 3.06. The van der Waals surface area contributed by atoms with Gasteiger partial charge >= 0.3 is 5.97 Å². The van der Waals surface area contributed by atoms with Gasteiger partial charge in [-0.3, -0.25) is 19.1 Å². The lowest BCUT2D eigenvalue weighted by atomic mass is 9.76. The van der Waals surface area contributed by atoms with E-state index in [0.29, 0.717) is 28.1 Å². The lowest BCUT2D eigenvalue weighted by Gasteiger charge is -2.28. The zero-order valence-electron chi connectivity index (χ0n) is 18.6. The van der Waals surface area contributed by atoms with E-state index in [4.69, 9.17) is 4.74 Å². The van der Waals surface area contributed by atoms with Crippen molar-refractivity contribution in [1.82, 2.24) is 9.36 Å². The Labute approximate surface area is 204 Å². The maximum atomic E-state index is 13.9. The van der Waals surface area contributed by atoms with E-state index in [-0.39, 0.29) is 17.1 Å². The second-order valence-electron chi connectivity index (χ2n) is 8.26. The SMILES string of the molecule is Cc1c(C(c2ccc(Br)cc2)C2C(=O)Oc3ccccc3C2=O)c(=O)n(-c2ccccc2)n1C. The predicted octanol–water partition coefficient (Wildman–Crippen LogP) is 4.80. The molecule has 0 spiro atoms. The van der Waals surface area contributed by atoms with Gasteiger partial charge in [-0.15, -0.1) is 0 Å². The van der Waals surface area contributed by atoms with Crippen molar-refractivity contribution in [3.8, 4) is 11.4 Å². The minimum Gasteiger partial charge on any atom is -0.425 e. The first-order valence-electron chi connectivity index (χ1n) is 10.8. The van der Waals surface area contributed by atoms with Crippen LogP contribution in [0.5, 0.6) is 5.75 Å². The summed E-state index contributed by atoms with van der Waals surface area (Å²) < 4.78 is 9.74. The van der Waals surface area contributed by atoms with Gasteiger partial charge in [0.1, 0.15) is 11.7 Å². The summed E-state index contributed by atoms with van der Waals surface area (Å²) in [6, 6.07) is 23.3. The normalized spacial score (nSPS) is 16.1. The third-order valence-electron chi connectivity index (χ3n) is 6.37. The topological polar surface area (TPSA) is 70.3 Å². The summed E-state index contributed by atoms with van der Waals surface area (Å²) in [5, 5.41) is 0. The van der Waals surface area contributed by atoms with E-state index in [2.05, 4.69) is 15.9 Å². The van der Waals surface area contributed by atoms with Crippen molar-refractivity contribution >= 4 is 27.7 Å².